The number of likely N-dealkylation sites (N-methyl/N-ethyl adjacent to an activating group) is 1. The van der Waals surface area contributed by atoms with Crippen LogP contribution in [0.25, 0.3) is 117 Å². The molecule has 0 radical (unpaired) electrons. The second-order valence-electron chi connectivity index (χ2n) is 25.4. The molecule has 0 fully saturated rings. The van der Waals surface area contributed by atoms with Gasteiger partial charge in [0.1, 0.15) is 17.1 Å². The predicted molar refractivity (Wildman–Crippen MR) is 410 cm³/mol. The Bertz CT molecular complexity index is 5630. The maximum atomic E-state index is 14.1. The molecule has 0 amide bonds. The van der Waals surface area contributed by atoms with Crippen molar-refractivity contribution in [2.24, 2.45) is 0 Å². The van der Waals surface area contributed by atoms with Crippen molar-refractivity contribution in [2.75, 3.05) is 26.1 Å². The van der Waals surface area contributed by atoms with Crippen LogP contribution in [0.4, 0.5) is 0 Å². The van der Waals surface area contributed by atoms with Crippen molar-refractivity contribution in [3.8, 4) is 67.2 Å². The van der Waals surface area contributed by atoms with Gasteiger partial charge >= 0.3 is 0 Å². The van der Waals surface area contributed by atoms with Crippen molar-refractivity contribution in [3.63, 3.8) is 0 Å². The minimum Gasteiger partial charge on any atom is -0.392 e. The van der Waals surface area contributed by atoms with Gasteiger partial charge in [0.25, 0.3) is 17.7 Å². The number of aliphatic hydroxyl groups is 1. The van der Waals surface area contributed by atoms with Crippen LogP contribution < -0.4 is 5.32 Å². The van der Waals surface area contributed by atoms with E-state index in [9.17, 15) is 19.5 Å². The Balaban J connectivity index is 0.000000119. The van der Waals surface area contributed by atoms with E-state index >= 15 is 0 Å². The van der Waals surface area contributed by atoms with E-state index in [0.717, 1.165) is 145 Å². The highest BCUT2D eigenvalue weighted by molar-refractivity contribution is 6.28. The number of rotatable bonds is 13. The van der Waals surface area contributed by atoms with Crippen LogP contribution in [0.1, 0.15) is 48.2 Å². The van der Waals surface area contributed by atoms with Crippen LogP contribution in [0.3, 0.4) is 0 Å². The summed E-state index contributed by atoms with van der Waals surface area (Å²) in [4.78, 5) is 55.1. The van der Waals surface area contributed by atoms with Crippen LogP contribution in [-0.2, 0) is 19.3 Å². The molecule has 0 aliphatic carbocycles. The minimum atomic E-state index is -0.229. The van der Waals surface area contributed by atoms with Crippen molar-refractivity contribution in [3.05, 3.63) is 342 Å². The van der Waals surface area contributed by atoms with Crippen LogP contribution in [0.5, 0.6) is 0 Å². The molecule has 3 aliphatic heterocycles. The molecule has 15 heteroatoms. The van der Waals surface area contributed by atoms with Gasteiger partial charge in [-0.1, -0.05) is 218 Å². The monoisotopic (exact) mass is 1360 g/mol. The lowest BCUT2D eigenvalue weighted by molar-refractivity contribution is 0.0949. The molecule has 3 aliphatic rings. The number of halogens is 1. The third-order valence-electron chi connectivity index (χ3n) is 19.1. The molecule has 103 heavy (non-hydrogen) atoms. The highest BCUT2D eigenvalue weighted by Crippen LogP contribution is 2.44. The van der Waals surface area contributed by atoms with E-state index < -0.39 is 0 Å². The molecule has 498 valence electrons. The molecule has 2 N–H and O–H groups in total. The number of carbonyl (C=O) groups excluding carboxylic acids is 3. The lowest BCUT2D eigenvalue weighted by Crippen LogP contribution is -2.27. The summed E-state index contributed by atoms with van der Waals surface area (Å²) in [6, 6.07) is 89.7. The van der Waals surface area contributed by atoms with Crippen LogP contribution in [0.15, 0.2) is 308 Å². The van der Waals surface area contributed by atoms with Gasteiger partial charge in [-0.2, -0.15) is 29.3 Å². The van der Waals surface area contributed by atoms with E-state index in [0.29, 0.717) is 48.1 Å². The van der Waals surface area contributed by atoms with Gasteiger partial charge in [-0.05, 0) is 112 Å². The number of aliphatic hydroxyl groups excluding tert-OH is 1. The van der Waals surface area contributed by atoms with Gasteiger partial charge < -0.3 is 10.4 Å². The van der Waals surface area contributed by atoms with Crippen LogP contribution in [-0.4, -0.2) is 93.2 Å². The largest absolute Gasteiger partial charge is 0.392 e. The molecule has 0 saturated carbocycles. The molecule has 0 spiro atoms. The third kappa shape index (κ3) is 12.4. The number of aromatic nitrogens is 9. The Labute approximate surface area is 598 Å². The maximum Gasteiger partial charge on any atom is 0.279 e. The van der Waals surface area contributed by atoms with Gasteiger partial charge in [-0.25, -0.2) is 0 Å². The van der Waals surface area contributed by atoms with E-state index in [1.54, 1.807) is 28.0 Å². The summed E-state index contributed by atoms with van der Waals surface area (Å²) < 4.78 is 4.71. The number of fused-ring (bicyclic) bond motifs is 6. The fraction of sp³-hybridized carbons (Fsp3) is 0.0795. The first-order chi connectivity index (χ1) is 50.7. The van der Waals surface area contributed by atoms with Crippen molar-refractivity contribution in [2.45, 2.75) is 19.3 Å². The number of pyridine rings is 3. The van der Waals surface area contributed by atoms with Gasteiger partial charge in [0.15, 0.2) is 0 Å². The Morgan fingerprint density at radius 3 is 0.951 bits per heavy atom. The summed E-state index contributed by atoms with van der Waals surface area (Å²) >= 11 is 6.45. The first-order valence-electron chi connectivity index (χ1n) is 34.1. The third-order valence-corrected chi connectivity index (χ3v) is 19.4. The highest BCUT2D eigenvalue weighted by atomic mass is 35.5. The van der Waals surface area contributed by atoms with Crippen LogP contribution in [0, 0.1) is 0 Å². The molecular formula is C88H65ClN10O4. The summed E-state index contributed by atoms with van der Waals surface area (Å²) in [5.41, 5.74) is 23.5. The number of hydrogen-bond acceptors (Lipinski definition) is 11. The Morgan fingerprint density at radius 2 is 0.641 bits per heavy atom. The first-order valence-corrected chi connectivity index (χ1v) is 34.6. The van der Waals surface area contributed by atoms with Gasteiger partial charge in [-0.15, -0.1) is 11.6 Å². The standard InChI is InChI=1S/C30H24N4O.C29H20ClN3O.C29H21N3O2/c1-31-19-24-18-26-28(20-9-4-2-5-10-20)29(21-11-6-3-7-12-21)33-34(26)30(35)27(24)23-14-15-25-22(17-23)13-8-16-32-25;30-18-23-17-25-27(19-8-3-1-4-9-19)28(20-10-5-2-6-11-20)32-33(25)29(34)26(23)22-13-14-24-21(16-22)12-7-15-31-24;33-18-23-17-25-27(19-8-3-1-4-9-19)28(20-10-5-2-6-11-20)31-32(25)29(34)26(23)22-13-14-24-21(16-22)12-7-15-30-24/h2-17,31H,18-19H2,1H3;1-16H,17-18H2;1-16,33H,17-18H2. The molecule has 14 nitrogen and oxygen atoms in total. The van der Waals surface area contributed by atoms with Gasteiger partial charge in [0, 0.05) is 111 Å². The summed E-state index contributed by atoms with van der Waals surface area (Å²) in [5.74, 6) is -0.210. The van der Waals surface area contributed by atoms with Crippen molar-refractivity contribution in [1.29, 1.82) is 0 Å². The fourth-order valence-corrected chi connectivity index (χ4v) is 14.6. The van der Waals surface area contributed by atoms with Gasteiger partial charge in [-0.3, -0.25) is 29.3 Å². The molecule has 9 heterocycles. The summed E-state index contributed by atoms with van der Waals surface area (Å²) in [6.07, 6.45) is 6.93. The number of nitrogens with one attached hydrogen (secondary N) is 1. The average Bonchev–Trinajstić information content (AvgIpc) is 1.65. The highest BCUT2D eigenvalue weighted by Gasteiger charge is 2.36. The number of allylic oxidation sites excluding steroid dienone is 4. The number of benzene rings is 9. The molecule has 0 atom stereocenters. The zero-order valence-corrected chi connectivity index (χ0v) is 56.8. The molecular weight excluding hydrogens is 1300 g/mol. The summed E-state index contributed by atoms with van der Waals surface area (Å²) in [7, 11) is 1.92. The van der Waals surface area contributed by atoms with Crippen molar-refractivity contribution in [1.82, 2.24) is 49.6 Å². The Kier molecular flexibility index (Phi) is 18.0. The van der Waals surface area contributed by atoms with E-state index in [-0.39, 0.29) is 30.2 Å². The van der Waals surface area contributed by atoms with E-state index in [2.05, 4.69) is 50.6 Å². The van der Waals surface area contributed by atoms with Crippen molar-refractivity contribution < 1.29 is 19.5 Å². The number of carbonyl (C=O) groups is 3. The molecule has 15 aromatic rings. The van der Waals surface area contributed by atoms with E-state index in [4.69, 9.17) is 26.9 Å². The lowest BCUT2D eigenvalue weighted by Gasteiger charge is -2.22. The van der Waals surface area contributed by atoms with Crippen molar-refractivity contribution >= 4 is 78.8 Å². The summed E-state index contributed by atoms with van der Waals surface area (Å²) in [5, 5.41) is 31.1. The minimum absolute atomic E-state index is 0.0981. The predicted octanol–water partition coefficient (Wildman–Crippen LogP) is 17.7. The Morgan fingerprint density at radius 1 is 0.350 bits per heavy atom. The first kappa shape index (κ1) is 64.9. The van der Waals surface area contributed by atoms with Crippen LogP contribution in [0.2, 0.25) is 0 Å². The molecule has 0 saturated heterocycles. The van der Waals surface area contributed by atoms with Gasteiger partial charge in [0.05, 0.1) is 45.8 Å². The normalized spacial score (nSPS) is 13.4. The summed E-state index contributed by atoms with van der Waals surface area (Å²) in [6.45, 7) is 0.415. The maximum absolute atomic E-state index is 14.1. The SMILES string of the molecule is CNCC1=C(c2ccc3ncccc3c2)C(=O)n2nc(-c3ccccc3)c(-c3ccccc3)c2C1.O=C1C(c2ccc3ncccc3c2)=C(CCl)Cc2c(-c3ccccc3)c(-c3ccccc3)nn21.O=C1C(c2ccc3ncccc3c2)=C(CO)Cc2c(-c3ccccc3)c(-c3ccccc3)nn21. The zero-order valence-electron chi connectivity index (χ0n) is 56.0. The lowest BCUT2D eigenvalue weighted by atomic mass is 9.89. The molecule has 18 rings (SSSR count). The molecule has 9 aromatic carbocycles. The average molecular weight is 1360 g/mol. The topological polar surface area (TPSA) is 176 Å². The smallest absolute Gasteiger partial charge is 0.279 e. The van der Waals surface area contributed by atoms with Gasteiger partial charge in [0.2, 0.25) is 0 Å². The number of nitrogens with zero attached hydrogens (tertiary/aromatic N) is 9. The van der Waals surface area contributed by atoms with E-state index in [1.807, 2.05) is 250 Å². The van der Waals surface area contributed by atoms with Crippen LogP contribution >= 0.6 is 11.6 Å². The number of hydrogen-bond donors (Lipinski definition) is 2. The number of alkyl halides is 1. The molecule has 0 unspecified atom stereocenters. The molecule has 0 bridgehead atoms. The van der Waals surface area contributed by atoms with E-state index in [1.165, 1.54) is 4.68 Å². The second-order valence-corrected chi connectivity index (χ2v) is 25.6. The second kappa shape index (κ2) is 28.5. The zero-order chi connectivity index (χ0) is 69.9. The quantitative estimate of drug-likeness (QED) is 0.105. The molecule has 6 aromatic heterocycles. The fourth-order valence-electron chi connectivity index (χ4n) is 14.4. The Hall–Kier alpha value is -12.7.